The average molecular weight is 459 g/mol. The maximum Gasteiger partial charge on any atom is 0.295 e. The Bertz CT molecular complexity index is 1060. The fourth-order valence-electron chi connectivity index (χ4n) is 3.58. The van der Waals surface area contributed by atoms with Crippen LogP contribution >= 0.6 is 11.6 Å². The van der Waals surface area contributed by atoms with Crippen LogP contribution in [0.25, 0.3) is 5.76 Å². The lowest BCUT2D eigenvalue weighted by Gasteiger charge is -2.26. The topological polar surface area (TPSA) is 110 Å². The molecule has 3 rings (SSSR count). The van der Waals surface area contributed by atoms with Crippen LogP contribution in [-0.4, -0.2) is 45.9 Å². The number of nitro benzene ring substituents is 1. The zero-order chi connectivity index (χ0) is 23.4. The van der Waals surface area contributed by atoms with Crippen molar-refractivity contribution < 1.29 is 24.4 Å². The highest BCUT2D eigenvalue weighted by molar-refractivity contribution is 6.47. The predicted molar refractivity (Wildman–Crippen MR) is 119 cm³/mol. The number of hydrogen-bond donors (Lipinski definition) is 1. The monoisotopic (exact) mass is 458 g/mol. The van der Waals surface area contributed by atoms with E-state index in [9.17, 15) is 24.8 Å². The molecule has 0 unspecified atom stereocenters. The lowest BCUT2D eigenvalue weighted by atomic mass is 9.95. The van der Waals surface area contributed by atoms with Gasteiger partial charge in [0.25, 0.3) is 17.4 Å². The zero-order valence-electron chi connectivity index (χ0n) is 17.7. The molecule has 168 valence electrons. The quantitative estimate of drug-likeness (QED) is 0.156. The minimum Gasteiger partial charge on any atom is -0.507 e. The molecular weight excluding hydrogens is 436 g/mol. The summed E-state index contributed by atoms with van der Waals surface area (Å²) in [5, 5.41) is 22.2. The molecule has 1 amide bonds. The van der Waals surface area contributed by atoms with Crippen LogP contribution in [0, 0.1) is 10.1 Å². The van der Waals surface area contributed by atoms with Gasteiger partial charge in [0, 0.05) is 35.9 Å². The summed E-state index contributed by atoms with van der Waals surface area (Å²) in [4.78, 5) is 37.6. The van der Waals surface area contributed by atoms with Gasteiger partial charge in [0.1, 0.15) is 5.76 Å². The Balaban J connectivity index is 2.05. The number of ketones is 1. The summed E-state index contributed by atoms with van der Waals surface area (Å²) in [6.07, 6.45) is 0.524. The number of halogens is 1. The summed E-state index contributed by atoms with van der Waals surface area (Å²) in [5.74, 6) is -2.00. The highest BCUT2D eigenvalue weighted by Gasteiger charge is 2.46. The molecule has 1 saturated heterocycles. The van der Waals surface area contributed by atoms with E-state index < -0.39 is 28.4 Å². The molecule has 2 aromatic rings. The van der Waals surface area contributed by atoms with Gasteiger partial charge in [0.15, 0.2) is 0 Å². The van der Waals surface area contributed by atoms with Crippen molar-refractivity contribution in [1.82, 2.24) is 4.90 Å². The first kappa shape index (κ1) is 23.4. The van der Waals surface area contributed by atoms with Crippen molar-refractivity contribution in [2.24, 2.45) is 0 Å². The number of non-ortho nitro benzene ring substituents is 1. The molecule has 32 heavy (non-hydrogen) atoms. The molecule has 1 aliphatic rings. The Kier molecular flexibility index (Phi) is 7.27. The lowest BCUT2D eigenvalue weighted by molar-refractivity contribution is -0.384. The Morgan fingerprint density at radius 3 is 2.44 bits per heavy atom. The average Bonchev–Trinajstić information content (AvgIpc) is 3.01. The summed E-state index contributed by atoms with van der Waals surface area (Å²) < 4.78 is 5.54. The molecule has 1 N–H and O–H groups in total. The normalized spacial score (nSPS) is 17.9. The highest BCUT2D eigenvalue weighted by atomic mass is 35.5. The number of benzene rings is 2. The number of carbonyl (C=O) groups is 2. The number of Topliss-reactive ketones (excluding diaryl/α,β-unsaturated/α-hetero) is 1. The van der Waals surface area contributed by atoms with E-state index in [1.54, 1.807) is 24.3 Å². The largest absolute Gasteiger partial charge is 0.507 e. The first-order chi connectivity index (χ1) is 15.2. The molecular formula is C23H23ClN2O6. The summed E-state index contributed by atoms with van der Waals surface area (Å²) in [6.45, 7) is 4.43. The van der Waals surface area contributed by atoms with Gasteiger partial charge in [-0.25, -0.2) is 0 Å². The zero-order valence-corrected chi connectivity index (χ0v) is 18.4. The number of aliphatic hydroxyl groups excluding tert-OH is 1. The number of rotatable bonds is 8. The van der Waals surface area contributed by atoms with Gasteiger partial charge in [-0.15, -0.1) is 0 Å². The van der Waals surface area contributed by atoms with Crippen LogP contribution < -0.4 is 0 Å². The van der Waals surface area contributed by atoms with Crippen molar-refractivity contribution in [3.05, 3.63) is 80.4 Å². The van der Waals surface area contributed by atoms with Gasteiger partial charge in [-0.3, -0.25) is 19.7 Å². The van der Waals surface area contributed by atoms with Crippen LogP contribution in [0.4, 0.5) is 5.69 Å². The maximum atomic E-state index is 12.9. The summed E-state index contributed by atoms with van der Waals surface area (Å²) >= 11 is 6.39. The number of aliphatic hydroxyl groups is 1. The van der Waals surface area contributed by atoms with Gasteiger partial charge in [0.05, 0.1) is 22.6 Å². The van der Waals surface area contributed by atoms with Crippen LogP contribution in [0.2, 0.25) is 5.02 Å². The molecule has 0 saturated carbocycles. The highest BCUT2D eigenvalue weighted by Crippen LogP contribution is 2.41. The van der Waals surface area contributed by atoms with Gasteiger partial charge >= 0.3 is 0 Å². The van der Waals surface area contributed by atoms with Crippen molar-refractivity contribution in [2.75, 3.05) is 13.2 Å². The van der Waals surface area contributed by atoms with Gasteiger partial charge in [0.2, 0.25) is 0 Å². The van der Waals surface area contributed by atoms with Crippen molar-refractivity contribution in [3.8, 4) is 0 Å². The third kappa shape index (κ3) is 4.81. The fourth-order valence-corrected chi connectivity index (χ4v) is 3.82. The molecule has 2 aromatic carbocycles. The summed E-state index contributed by atoms with van der Waals surface area (Å²) in [7, 11) is 0. The van der Waals surface area contributed by atoms with E-state index in [0.717, 1.165) is 0 Å². The van der Waals surface area contributed by atoms with E-state index in [2.05, 4.69) is 0 Å². The number of carbonyl (C=O) groups excluding carboxylic acids is 2. The molecule has 9 heteroatoms. The molecule has 1 fully saturated rings. The fraction of sp³-hybridized carbons (Fsp3) is 0.304. The van der Waals surface area contributed by atoms with E-state index in [0.29, 0.717) is 23.6 Å². The van der Waals surface area contributed by atoms with Crippen molar-refractivity contribution >= 4 is 34.7 Å². The minimum atomic E-state index is -0.891. The first-order valence-electron chi connectivity index (χ1n) is 10.1. The second-order valence-corrected chi connectivity index (χ2v) is 8.00. The molecule has 0 aromatic heterocycles. The van der Waals surface area contributed by atoms with Gasteiger partial charge in [-0.1, -0.05) is 29.8 Å². The smallest absolute Gasteiger partial charge is 0.295 e. The van der Waals surface area contributed by atoms with E-state index in [1.165, 1.54) is 29.2 Å². The molecule has 1 aliphatic heterocycles. The molecule has 1 heterocycles. The van der Waals surface area contributed by atoms with Crippen molar-refractivity contribution in [1.29, 1.82) is 0 Å². The van der Waals surface area contributed by atoms with E-state index in [1.807, 2.05) is 13.8 Å². The van der Waals surface area contributed by atoms with Crippen LogP contribution in [0.1, 0.15) is 37.4 Å². The van der Waals surface area contributed by atoms with Crippen molar-refractivity contribution in [3.63, 3.8) is 0 Å². The number of nitrogens with zero attached hydrogens (tertiary/aromatic N) is 2. The number of hydrogen-bond acceptors (Lipinski definition) is 6. The Labute approximate surface area is 190 Å². The summed E-state index contributed by atoms with van der Waals surface area (Å²) in [5.41, 5.74) is 0.423. The van der Waals surface area contributed by atoms with Crippen LogP contribution in [-0.2, 0) is 14.3 Å². The molecule has 0 aliphatic carbocycles. The first-order valence-corrected chi connectivity index (χ1v) is 10.5. The van der Waals surface area contributed by atoms with E-state index in [-0.39, 0.29) is 29.5 Å². The number of nitro groups is 1. The van der Waals surface area contributed by atoms with Crippen molar-refractivity contribution in [2.45, 2.75) is 32.4 Å². The minimum absolute atomic E-state index is 0.0342. The second kappa shape index (κ2) is 9.93. The molecule has 0 bridgehead atoms. The molecule has 0 spiro atoms. The maximum absolute atomic E-state index is 12.9. The third-order valence-corrected chi connectivity index (χ3v) is 5.43. The Morgan fingerprint density at radius 1 is 1.19 bits per heavy atom. The van der Waals surface area contributed by atoms with Crippen LogP contribution in [0.3, 0.4) is 0 Å². The number of ether oxygens (including phenoxy) is 1. The lowest BCUT2D eigenvalue weighted by Crippen LogP contribution is -2.31. The molecule has 8 nitrogen and oxygen atoms in total. The molecule has 1 atom stereocenters. The Hall–Kier alpha value is -3.23. The second-order valence-electron chi connectivity index (χ2n) is 7.59. The predicted octanol–water partition coefficient (Wildman–Crippen LogP) is 4.49. The van der Waals surface area contributed by atoms with E-state index in [4.69, 9.17) is 16.3 Å². The third-order valence-electron chi connectivity index (χ3n) is 5.09. The summed E-state index contributed by atoms with van der Waals surface area (Å²) in [6, 6.07) is 11.0. The van der Waals surface area contributed by atoms with Gasteiger partial charge in [-0.05, 0) is 44.0 Å². The SMILES string of the molecule is CC(C)OCCCN1C(=O)C(=O)C(=C(O)c2ccc([N+](=O)[O-])cc2)[C@H]1c1ccccc1Cl. The van der Waals surface area contributed by atoms with Crippen LogP contribution in [0.15, 0.2) is 54.1 Å². The number of amides is 1. The van der Waals surface area contributed by atoms with Gasteiger partial charge in [-0.2, -0.15) is 0 Å². The Morgan fingerprint density at radius 2 is 1.84 bits per heavy atom. The molecule has 0 radical (unpaired) electrons. The van der Waals surface area contributed by atoms with Gasteiger partial charge < -0.3 is 14.7 Å². The van der Waals surface area contributed by atoms with Crippen LogP contribution in [0.5, 0.6) is 0 Å². The number of likely N-dealkylation sites (tertiary alicyclic amines) is 1. The standard InChI is InChI=1S/C23H23ClN2O6/c1-14(2)32-13-5-12-25-20(17-6-3-4-7-18(17)24)19(22(28)23(25)29)21(27)15-8-10-16(11-9-15)26(30)31/h3-4,6-11,14,20,27H,5,12-13H2,1-2H3/t20-/m1/s1. The van der Waals surface area contributed by atoms with E-state index >= 15 is 0 Å².